The van der Waals surface area contributed by atoms with Crippen LogP contribution in [0.15, 0.2) is 0 Å². The molecule has 2 N–H and O–H groups in total. The predicted octanol–water partition coefficient (Wildman–Crippen LogP) is 3.84. The molecule has 1 saturated heterocycles. The average molecular weight is 401 g/mol. The fraction of sp³-hybridized carbons (Fsp3) is 0.905. The Morgan fingerprint density at radius 2 is 1.89 bits per heavy atom. The van der Waals surface area contributed by atoms with Crippen molar-refractivity contribution in [2.75, 3.05) is 20.3 Å². The third-order valence-corrected chi connectivity index (χ3v) is 10.4. The van der Waals surface area contributed by atoms with Gasteiger partial charge in [-0.3, -0.25) is 0 Å². The molecular formula is C21H40O5Si. The first-order valence-corrected chi connectivity index (χ1v) is 13.0. The number of aliphatic hydroxyl groups is 2. The number of rotatable bonds is 11. The van der Waals surface area contributed by atoms with Crippen LogP contribution < -0.4 is 0 Å². The minimum Gasteiger partial charge on any atom is -0.414 e. The summed E-state index contributed by atoms with van der Waals surface area (Å²) in [7, 11) is -0.0980. The third kappa shape index (κ3) is 8.22. The first kappa shape index (κ1) is 24.6. The van der Waals surface area contributed by atoms with E-state index in [1.165, 1.54) is 0 Å². The first-order chi connectivity index (χ1) is 12.8. The maximum Gasteiger partial charge on any atom is 0.233 e. The molecule has 3 unspecified atom stereocenters. The number of aliphatic hydroxyl groups excluding tert-OH is 1. The summed E-state index contributed by atoms with van der Waals surface area (Å²) in [5.74, 6) is 5.24. The molecule has 0 aromatic heterocycles. The van der Waals surface area contributed by atoms with Crippen molar-refractivity contribution in [3.8, 4) is 11.8 Å². The molecule has 1 aliphatic heterocycles. The summed E-state index contributed by atoms with van der Waals surface area (Å²) < 4.78 is 17.3. The van der Waals surface area contributed by atoms with Crippen molar-refractivity contribution in [1.82, 2.24) is 0 Å². The van der Waals surface area contributed by atoms with Gasteiger partial charge in [-0.2, -0.15) is 0 Å². The molecule has 6 heteroatoms. The van der Waals surface area contributed by atoms with Gasteiger partial charge in [0.05, 0.1) is 24.9 Å². The Labute approximate surface area is 166 Å². The lowest BCUT2D eigenvalue weighted by Gasteiger charge is -2.33. The van der Waals surface area contributed by atoms with E-state index >= 15 is 0 Å². The van der Waals surface area contributed by atoms with Crippen LogP contribution in [0, 0.1) is 11.8 Å². The van der Waals surface area contributed by atoms with Gasteiger partial charge in [0.2, 0.25) is 5.79 Å². The van der Waals surface area contributed by atoms with Crippen LogP contribution in [-0.4, -0.2) is 56.3 Å². The highest BCUT2D eigenvalue weighted by atomic mass is 28.4. The molecule has 0 amide bonds. The monoisotopic (exact) mass is 400 g/mol. The van der Waals surface area contributed by atoms with Crippen molar-refractivity contribution < 1.29 is 24.1 Å². The number of hydrogen-bond donors (Lipinski definition) is 2. The largest absolute Gasteiger partial charge is 0.414 e. The Bertz CT molecular complexity index is 464. The minimum absolute atomic E-state index is 0.341. The quantitative estimate of drug-likeness (QED) is 0.407. The molecule has 0 saturated carbocycles. The van der Waals surface area contributed by atoms with Crippen LogP contribution in [-0.2, 0) is 13.9 Å². The van der Waals surface area contributed by atoms with Crippen LogP contribution in [0.25, 0.3) is 0 Å². The van der Waals surface area contributed by atoms with Gasteiger partial charge in [-0.1, -0.05) is 26.7 Å². The van der Waals surface area contributed by atoms with Crippen molar-refractivity contribution in [2.45, 2.75) is 102 Å². The van der Waals surface area contributed by atoms with Gasteiger partial charge in [-0.05, 0) is 56.7 Å². The lowest BCUT2D eigenvalue weighted by molar-refractivity contribution is -0.201. The van der Waals surface area contributed by atoms with Gasteiger partial charge in [0.25, 0.3) is 0 Å². The molecule has 0 aliphatic carbocycles. The molecule has 0 radical (unpaired) electrons. The fourth-order valence-corrected chi connectivity index (χ4v) is 6.13. The number of ether oxygens (including phenoxy) is 2. The Kier molecular flexibility index (Phi) is 10.5. The summed E-state index contributed by atoms with van der Waals surface area (Å²) in [5, 5.41) is 20.9. The molecular weight excluding hydrogens is 360 g/mol. The molecule has 1 aliphatic rings. The van der Waals surface area contributed by atoms with Gasteiger partial charge in [0.1, 0.15) is 0 Å². The second-order valence-corrected chi connectivity index (χ2v) is 12.8. The van der Waals surface area contributed by atoms with E-state index in [2.05, 4.69) is 32.6 Å². The molecule has 1 fully saturated rings. The smallest absolute Gasteiger partial charge is 0.233 e. The van der Waals surface area contributed by atoms with E-state index in [4.69, 9.17) is 13.9 Å². The average Bonchev–Trinajstić information content (AvgIpc) is 2.69. The highest BCUT2D eigenvalue weighted by Crippen LogP contribution is 2.26. The maximum atomic E-state index is 10.6. The van der Waals surface area contributed by atoms with Gasteiger partial charge in [-0.25, -0.2) is 0 Å². The van der Waals surface area contributed by atoms with Gasteiger partial charge in [0, 0.05) is 20.0 Å². The molecule has 1 heterocycles. The van der Waals surface area contributed by atoms with Crippen LogP contribution in [0.4, 0.5) is 0 Å². The summed E-state index contributed by atoms with van der Waals surface area (Å²) in [6, 6.07) is 3.20. The normalized spacial score (nSPS) is 24.0. The standard InChI is InChI=1S/C21H40O5Si/c1-6-27(7-2,8-3)26-18-20(4,23)16-13-19(22)12-11-15-21(24-5)14-9-10-17-25-21/h19,22-23H,6-10,12-14,16-18H2,1-5H3. The Hall–Kier alpha value is -0.423. The van der Waals surface area contributed by atoms with E-state index in [1.54, 1.807) is 14.0 Å². The van der Waals surface area contributed by atoms with Gasteiger partial charge < -0.3 is 24.1 Å². The second kappa shape index (κ2) is 11.5. The van der Waals surface area contributed by atoms with E-state index < -0.39 is 25.8 Å². The van der Waals surface area contributed by atoms with Crippen molar-refractivity contribution in [3.63, 3.8) is 0 Å². The van der Waals surface area contributed by atoms with E-state index in [0.29, 0.717) is 32.5 Å². The van der Waals surface area contributed by atoms with Crippen molar-refractivity contribution >= 4 is 8.32 Å². The third-order valence-electron chi connectivity index (χ3n) is 5.82. The molecule has 0 spiro atoms. The van der Waals surface area contributed by atoms with Crippen LogP contribution in [0.5, 0.6) is 0 Å². The van der Waals surface area contributed by atoms with Crippen molar-refractivity contribution in [3.05, 3.63) is 0 Å². The zero-order valence-corrected chi connectivity index (χ0v) is 19.0. The van der Waals surface area contributed by atoms with Crippen molar-refractivity contribution in [1.29, 1.82) is 0 Å². The molecule has 3 atom stereocenters. The van der Waals surface area contributed by atoms with Crippen LogP contribution in [0.3, 0.4) is 0 Å². The van der Waals surface area contributed by atoms with Crippen LogP contribution >= 0.6 is 0 Å². The SMILES string of the molecule is CC[Si](CC)(CC)OCC(C)(O)CCC(O)CC#CC1(OC)CCCCO1. The second-order valence-electron chi connectivity index (χ2n) is 7.99. The predicted molar refractivity (Wildman–Crippen MR) is 111 cm³/mol. The first-order valence-electron chi connectivity index (χ1n) is 10.5. The zero-order chi connectivity index (χ0) is 20.4. The molecule has 0 bridgehead atoms. The van der Waals surface area contributed by atoms with E-state index in [0.717, 1.165) is 37.4 Å². The molecule has 1 rings (SSSR count). The topological polar surface area (TPSA) is 68.2 Å². The van der Waals surface area contributed by atoms with Crippen LogP contribution in [0.2, 0.25) is 18.1 Å². The van der Waals surface area contributed by atoms with Gasteiger partial charge in [-0.15, -0.1) is 0 Å². The Morgan fingerprint density at radius 3 is 2.41 bits per heavy atom. The highest BCUT2D eigenvalue weighted by molar-refractivity contribution is 6.73. The number of hydrogen-bond acceptors (Lipinski definition) is 5. The Morgan fingerprint density at radius 1 is 1.22 bits per heavy atom. The summed E-state index contributed by atoms with van der Waals surface area (Å²) in [5.41, 5.74) is -0.924. The summed E-state index contributed by atoms with van der Waals surface area (Å²) in [6.07, 6.45) is 3.58. The molecule has 0 aromatic rings. The van der Waals surface area contributed by atoms with E-state index in [1.807, 2.05) is 0 Å². The molecule has 5 nitrogen and oxygen atoms in total. The maximum absolute atomic E-state index is 10.6. The fourth-order valence-electron chi connectivity index (χ4n) is 3.40. The molecule has 27 heavy (non-hydrogen) atoms. The number of methoxy groups -OCH3 is 1. The Balaban J connectivity index is 2.44. The molecule has 0 aromatic carbocycles. The minimum atomic E-state index is -1.71. The van der Waals surface area contributed by atoms with Crippen molar-refractivity contribution in [2.24, 2.45) is 0 Å². The zero-order valence-electron chi connectivity index (χ0n) is 18.0. The van der Waals surface area contributed by atoms with Gasteiger partial charge >= 0.3 is 0 Å². The summed E-state index contributed by atoms with van der Waals surface area (Å²) >= 11 is 0. The lowest BCUT2D eigenvalue weighted by Crippen LogP contribution is -2.42. The molecule has 158 valence electrons. The summed E-state index contributed by atoms with van der Waals surface area (Å²) in [4.78, 5) is 0. The lowest BCUT2D eigenvalue weighted by atomic mass is 9.98. The summed E-state index contributed by atoms with van der Waals surface area (Å²) in [6.45, 7) is 9.33. The van der Waals surface area contributed by atoms with E-state index in [9.17, 15) is 10.2 Å². The van der Waals surface area contributed by atoms with E-state index in [-0.39, 0.29) is 0 Å². The highest BCUT2D eigenvalue weighted by Gasteiger charge is 2.33. The van der Waals surface area contributed by atoms with Crippen LogP contribution in [0.1, 0.15) is 66.2 Å². The van der Waals surface area contributed by atoms with Gasteiger partial charge in [0.15, 0.2) is 8.32 Å².